The lowest BCUT2D eigenvalue weighted by Gasteiger charge is -2.47. The fraction of sp³-hybridized carbons (Fsp3) is 0.560. The number of nitrogens with zero attached hydrogens (tertiary/aromatic N) is 1. The van der Waals surface area contributed by atoms with Crippen LogP contribution in [0.25, 0.3) is 0 Å². The van der Waals surface area contributed by atoms with Gasteiger partial charge in [-0.05, 0) is 69.2 Å². The monoisotopic (exact) mass is 408 g/mol. The molecule has 160 valence electrons. The number of piperidine rings is 1. The molecule has 2 aliphatic heterocycles. The zero-order valence-electron chi connectivity index (χ0n) is 17.9. The van der Waals surface area contributed by atoms with Crippen molar-refractivity contribution in [1.82, 2.24) is 10.2 Å². The number of rotatable bonds is 5. The van der Waals surface area contributed by atoms with Gasteiger partial charge < -0.3 is 14.5 Å². The van der Waals surface area contributed by atoms with Gasteiger partial charge in [-0.3, -0.25) is 9.69 Å². The van der Waals surface area contributed by atoms with E-state index in [-0.39, 0.29) is 17.4 Å². The maximum Gasteiger partial charge on any atom is 0.220 e. The summed E-state index contributed by atoms with van der Waals surface area (Å²) in [6.07, 6.45) is 6.96. The third-order valence-corrected chi connectivity index (χ3v) is 7.15. The van der Waals surface area contributed by atoms with Crippen molar-refractivity contribution in [3.63, 3.8) is 0 Å². The number of hydrogen-bond acceptors (Lipinski definition) is 4. The van der Waals surface area contributed by atoms with Crippen LogP contribution in [0.4, 0.5) is 0 Å². The van der Waals surface area contributed by atoms with E-state index in [4.69, 9.17) is 9.15 Å². The summed E-state index contributed by atoms with van der Waals surface area (Å²) >= 11 is 0. The highest BCUT2D eigenvalue weighted by molar-refractivity contribution is 5.77. The van der Waals surface area contributed by atoms with E-state index in [9.17, 15) is 4.79 Å². The van der Waals surface area contributed by atoms with E-state index in [0.29, 0.717) is 12.5 Å². The van der Waals surface area contributed by atoms with Gasteiger partial charge in [-0.2, -0.15) is 0 Å². The summed E-state index contributed by atoms with van der Waals surface area (Å²) in [7, 11) is 0. The summed E-state index contributed by atoms with van der Waals surface area (Å²) in [5.74, 6) is 3.40. The Labute approximate surface area is 178 Å². The summed E-state index contributed by atoms with van der Waals surface area (Å²) < 4.78 is 12.4. The predicted octanol–water partition coefficient (Wildman–Crippen LogP) is 4.55. The van der Waals surface area contributed by atoms with Crippen molar-refractivity contribution >= 4 is 5.91 Å². The number of hydrogen-bond donors (Lipinski definition) is 1. The largest absolute Gasteiger partial charge is 0.487 e. The number of fused-ring (bicyclic) bond motifs is 1. The zero-order valence-corrected chi connectivity index (χ0v) is 17.9. The van der Waals surface area contributed by atoms with Crippen molar-refractivity contribution < 1.29 is 13.9 Å². The first kappa shape index (κ1) is 19.7. The molecule has 0 bridgehead atoms. The van der Waals surface area contributed by atoms with E-state index < -0.39 is 0 Å². The predicted molar refractivity (Wildman–Crippen MR) is 116 cm³/mol. The number of aryl methyl sites for hydroxylation is 1. The first-order chi connectivity index (χ1) is 14.6. The van der Waals surface area contributed by atoms with E-state index in [1.165, 1.54) is 12.0 Å². The Morgan fingerprint density at radius 2 is 1.97 bits per heavy atom. The van der Waals surface area contributed by atoms with E-state index in [1.54, 1.807) is 0 Å². The maximum atomic E-state index is 12.7. The van der Waals surface area contributed by atoms with Crippen LogP contribution < -0.4 is 10.1 Å². The number of nitrogens with one attached hydrogen (secondary N) is 1. The lowest BCUT2D eigenvalue weighted by molar-refractivity contribution is -0.123. The molecule has 1 spiro atoms. The number of para-hydroxylation sites is 1. The van der Waals surface area contributed by atoms with Crippen molar-refractivity contribution in [3.05, 3.63) is 53.5 Å². The molecule has 0 radical (unpaired) electrons. The standard InChI is InChI=1S/C25H32N2O3/c1-18-9-10-21(29-18)17-27-13-11-25(12-14-27)16-19(15-24(28)26-20-5-4-6-20)22-7-2-3-8-23(22)30-25/h2-3,7-10,19-20H,4-6,11-17H2,1H3,(H,26,28)/t19-/m1/s1. The molecule has 1 N–H and O–H groups in total. The Bertz CT molecular complexity index is 893. The third-order valence-electron chi connectivity index (χ3n) is 7.15. The van der Waals surface area contributed by atoms with Crippen molar-refractivity contribution in [2.75, 3.05) is 13.1 Å². The van der Waals surface area contributed by atoms with Gasteiger partial charge in [0.05, 0.1) is 6.54 Å². The van der Waals surface area contributed by atoms with Crippen LogP contribution in [0.5, 0.6) is 5.75 Å². The summed E-state index contributed by atoms with van der Waals surface area (Å²) in [5, 5.41) is 3.22. The molecular formula is C25H32N2O3. The van der Waals surface area contributed by atoms with Crippen LogP contribution in [0, 0.1) is 6.92 Å². The zero-order chi connectivity index (χ0) is 20.6. The summed E-state index contributed by atoms with van der Waals surface area (Å²) in [5.41, 5.74) is 1.03. The van der Waals surface area contributed by atoms with Crippen molar-refractivity contribution in [2.45, 2.75) is 76.0 Å². The third kappa shape index (κ3) is 4.13. The minimum absolute atomic E-state index is 0.161. The van der Waals surface area contributed by atoms with Crippen LogP contribution >= 0.6 is 0 Å². The van der Waals surface area contributed by atoms with Gasteiger partial charge in [0, 0.05) is 31.5 Å². The van der Waals surface area contributed by atoms with Crippen LogP contribution in [0.15, 0.2) is 40.8 Å². The molecule has 1 saturated heterocycles. The molecule has 5 nitrogen and oxygen atoms in total. The van der Waals surface area contributed by atoms with E-state index in [1.807, 2.05) is 19.1 Å². The number of likely N-dealkylation sites (tertiary alicyclic amines) is 1. The van der Waals surface area contributed by atoms with E-state index >= 15 is 0 Å². The lowest BCUT2D eigenvalue weighted by atomic mass is 9.76. The second-order valence-corrected chi connectivity index (χ2v) is 9.41. The van der Waals surface area contributed by atoms with E-state index in [2.05, 4.69) is 34.5 Å². The first-order valence-corrected chi connectivity index (χ1v) is 11.4. The molecule has 2 fully saturated rings. The maximum absolute atomic E-state index is 12.7. The van der Waals surface area contributed by atoms with Crippen LogP contribution in [0.3, 0.4) is 0 Å². The summed E-state index contributed by atoms with van der Waals surface area (Å²) in [6.45, 7) is 4.82. The second-order valence-electron chi connectivity index (χ2n) is 9.41. The molecule has 30 heavy (non-hydrogen) atoms. The Morgan fingerprint density at radius 1 is 1.17 bits per heavy atom. The van der Waals surface area contributed by atoms with Gasteiger partial charge in [0.2, 0.25) is 5.91 Å². The molecule has 3 heterocycles. The van der Waals surface area contributed by atoms with Crippen LogP contribution in [-0.4, -0.2) is 35.5 Å². The molecule has 1 aliphatic carbocycles. The summed E-state index contributed by atoms with van der Waals surface area (Å²) in [6, 6.07) is 12.8. The number of carbonyl (C=O) groups is 1. The van der Waals surface area contributed by atoms with Gasteiger partial charge in [-0.1, -0.05) is 18.2 Å². The fourth-order valence-corrected chi connectivity index (χ4v) is 5.21. The average Bonchev–Trinajstić information content (AvgIpc) is 3.11. The van der Waals surface area contributed by atoms with Gasteiger partial charge in [-0.25, -0.2) is 0 Å². The minimum Gasteiger partial charge on any atom is -0.487 e. The van der Waals surface area contributed by atoms with Gasteiger partial charge in [0.1, 0.15) is 22.9 Å². The molecule has 1 aromatic heterocycles. The lowest BCUT2D eigenvalue weighted by Crippen LogP contribution is -2.50. The van der Waals surface area contributed by atoms with Gasteiger partial charge in [-0.15, -0.1) is 0 Å². The van der Waals surface area contributed by atoms with Gasteiger partial charge in [0.15, 0.2) is 0 Å². The summed E-state index contributed by atoms with van der Waals surface area (Å²) in [4.78, 5) is 15.1. The molecule has 0 unspecified atom stereocenters. The van der Waals surface area contributed by atoms with Crippen molar-refractivity contribution in [2.24, 2.45) is 0 Å². The smallest absolute Gasteiger partial charge is 0.220 e. The first-order valence-electron chi connectivity index (χ1n) is 11.4. The van der Waals surface area contributed by atoms with Crippen LogP contribution in [-0.2, 0) is 11.3 Å². The Balaban J connectivity index is 1.26. The number of furan rings is 1. The number of carbonyl (C=O) groups excluding carboxylic acids is 1. The van der Waals surface area contributed by atoms with Gasteiger partial charge in [0.25, 0.3) is 0 Å². The second kappa shape index (κ2) is 8.10. The SMILES string of the molecule is Cc1ccc(CN2CCC3(CC2)C[C@@H](CC(=O)NC2CCC2)c2ccccc2O3)o1. The molecule has 5 rings (SSSR count). The molecule has 2 aromatic rings. The van der Waals surface area contributed by atoms with Crippen molar-refractivity contribution in [3.8, 4) is 5.75 Å². The topological polar surface area (TPSA) is 54.7 Å². The molecule has 1 atom stereocenters. The highest BCUT2D eigenvalue weighted by Crippen LogP contribution is 2.46. The van der Waals surface area contributed by atoms with Crippen LogP contribution in [0.1, 0.15) is 67.9 Å². The normalized spacial score (nSPS) is 23.4. The number of amides is 1. The number of ether oxygens (including phenoxy) is 1. The molecule has 3 aliphatic rings. The molecular weight excluding hydrogens is 376 g/mol. The minimum atomic E-state index is -0.161. The Hall–Kier alpha value is -2.27. The fourth-order valence-electron chi connectivity index (χ4n) is 5.21. The molecule has 1 saturated carbocycles. The average molecular weight is 409 g/mol. The quantitative estimate of drug-likeness (QED) is 0.789. The van der Waals surface area contributed by atoms with Gasteiger partial charge >= 0.3 is 0 Å². The highest BCUT2D eigenvalue weighted by Gasteiger charge is 2.43. The van der Waals surface area contributed by atoms with E-state index in [0.717, 1.165) is 69.0 Å². The van der Waals surface area contributed by atoms with Crippen LogP contribution in [0.2, 0.25) is 0 Å². The molecule has 5 heteroatoms. The molecule has 1 amide bonds. The number of benzene rings is 1. The highest BCUT2D eigenvalue weighted by atomic mass is 16.5. The van der Waals surface area contributed by atoms with Crippen molar-refractivity contribution in [1.29, 1.82) is 0 Å². The molecule has 1 aromatic carbocycles. The Morgan fingerprint density at radius 3 is 2.67 bits per heavy atom. The Kier molecular flexibility index (Phi) is 5.32.